The Labute approximate surface area is 223 Å². The third-order valence-electron chi connectivity index (χ3n) is 4.84. The summed E-state index contributed by atoms with van der Waals surface area (Å²) in [5.41, 5.74) is 8.95. The Bertz CT molecular complexity index is 1380. The number of carbonyl (C=O) groups excluding carboxylic acids is 2. The standard InChI is InChI=1S/C17H20N2O2S.C8H6O7S/c1-4-20-15-11-17(16(21-5-2)10-14(15)19-18)22-13-8-6-12(3)7-9-13;9-7(10)4-2-1-3-5(8(11)12)6(4)16(13,14)15/h6-11,15H,4-5H2,1-3H3;1-3H,(H,9,10)(H,11,12)(H,13,14,15)/p-2. The molecule has 0 saturated carbocycles. The van der Waals surface area contributed by atoms with Crippen molar-refractivity contribution in [2.75, 3.05) is 13.2 Å². The highest BCUT2D eigenvalue weighted by molar-refractivity contribution is 8.03. The second-order valence-corrected chi connectivity index (χ2v) is 9.99. The summed E-state index contributed by atoms with van der Waals surface area (Å²) in [6, 6.07) is 10.9. The van der Waals surface area contributed by atoms with Crippen molar-refractivity contribution in [3.63, 3.8) is 0 Å². The Morgan fingerprint density at radius 1 is 1.05 bits per heavy atom. The van der Waals surface area contributed by atoms with E-state index in [0.29, 0.717) is 24.7 Å². The minimum absolute atomic E-state index is 0.354. The molecule has 1 atom stereocenters. The van der Waals surface area contributed by atoms with E-state index in [-0.39, 0.29) is 6.10 Å². The van der Waals surface area contributed by atoms with Crippen molar-refractivity contribution in [3.8, 4) is 0 Å². The summed E-state index contributed by atoms with van der Waals surface area (Å²) in [5.74, 6) is -3.14. The second-order valence-electron chi connectivity index (χ2n) is 7.52. The molecule has 0 fully saturated rings. The van der Waals surface area contributed by atoms with Gasteiger partial charge in [0.05, 0.1) is 29.5 Å². The molecule has 0 saturated heterocycles. The van der Waals surface area contributed by atoms with Crippen molar-refractivity contribution < 1.29 is 47.0 Å². The van der Waals surface area contributed by atoms with Crippen LogP contribution in [0, 0.1) is 6.92 Å². The molecular weight excluding hydrogens is 536 g/mol. The average Bonchev–Trinajstić information content (AvgIpc) is 2.86. The number of aromatic carboxylic acids is 2. The van der Waals surface area contributed by atoms with Crippen LogP contribution in [0.4, 0.5) is 0 Å². The highest BCUT2D eigenvalue weighted by atomic mass is 32.2. The van der Waals surface area contributed by atoms with E-state index in [9.17, 15) is 28.2 Å². The topological polar surface area (TPSA) is 189 Å². The van der Waals surface area contributed by atoms with E-state index in [1.807, 2.05) is 19.9 Å². The van der Waals surface area contributed by atoms with Gasteiger partial charge in [-0.1, -0.05) is 47.7 Å². The molecule has 1 aliphatic carbocycles. The van der Waals surface area contributed by atoms with E-state index in [4.69, 9.17) is 19.6 Å². The molecule has 1 unspecified atom stereocenters. The van der Waals surface area contributed by atoms with E-state index in [0.717, 1.165) is 28.0 Å². The number of carboxylic acids is 2. The number of aryl methyl sites for hydroxylation is 1. The minimum atomic E-state index is -5.00. The Morgan fingerprint density at radius 2 is 1.63 bits per heavy atom. The van der Waals surface area contributed by atoms with E-state index in [1.165, 1.54) is 5.56 Å². The lowest BCUT2D eigenvalue weighted by Crippen LogP contribution is -2.29. The summed E-state index contributed by atoms with van der Waals surface area (Å²) in [7, 11) is -5.00. The molecular formula is C25H24N2O9S2-2. The van der Waals surface area contributed by atoms with Crippen LogP contribution in [0.15, 0.2) is 75.1 Å². The SMILES string of the molecule is CCOC1=CC(=[N+]=[N-])C(OCC)C=C1Sc1ccc(C)cc1.O=C([O-])c1cccc(C(=O)[O-])c1S(=O)(=O)O. The Hall–Kier alpha value is -3.74. The fraction of sp³-hybridized carbons (Fsp3) is 0.240. The molecule has 2 aromatic carbocycles. The maximum atomic E-state index is 10.9. The number of carboxylic acid groups (broad SMARTS) is 2. The highest BCUT2D eigenvalue weighted by Gasteiger charge is 2.29. The summed E-state index contributed by atoms with van der Waals surface area (Å²) >= 11 is 1.61. The van der Waals surface area contributed by atoms with Crippen LogP contribution in [0.3, 0.4) is 0 Å². The summed E-state index contributed by atoms with van der Waals surface area (Å²) in [4.78, 5) is 25.3. The van der Waals surface area contributed by atoms with Crippen molar-refractivity contribution in [2.24, 2.45) is 0 Å². The predicted molar refractivity (Wildman–Crippen MR) is 134 cm³/mol. The van der Waals surface area contributed by atoms with Gasteiger partial charge >= 0.3 is 5.71 Å². The van der Waals surface area contributed by atoms with Crippen molar-refractivity contribution >= 4 is 39.5 Å². The maximum Gasteiger partial charge on any atom is 0.328 e. The summed E-state index contributed by atoms with van der Waals surface area (Å²) in [6.45, 7) is 7.00. The van der Waals surface area contributed by atoms with Crippen LogP contribution in [0.1, 0.15) is 40.1 Å². The van der Waals surface area contributed by atoms with Gasteiger partial charge in [-0.3, -0.25) is 4.55 Å². The number of benzene rings is 2. The van der Waals surface area contributed by atoms with Crippen molar-refractivity contribution in [1.82, 2.24) is 0 Å². The van der Waals surface area contributed by atoms with Crippen molar-refractivity contribution in [1.29, 1.82) is 0 Å². The Morgan fingerprint density at radius 3 is 2.08 bits per heavy atom. The van der Waals surface area contributed by atoms with Crippen molar-refractivity contribution in [3.05, 3.63) is 87.5 Å². The molecule has 0 aliphatic heterocycles. The Kier molecular flexibility index (Phi) is 11.0. The van der Waals surface area contributed by atoms with Crippen LogP contribution in [0.5, 0.6) is 0 Å². The molecule has 38 heavy (non-hydrogen) atoms. The molecule has 3 rings (SSSR count). The summed E-state index contributed by atoms with van der Waals surface area (Å²) in [6.07, 6.45) is 3.32. The molecule has 202 valence electrons. The molecule has 0 aromatic heterocycles. The first-order valence-electron chi connectivity index (χ1n) is 11.1. The van der Waals surface area contributed by atoms with E-state index >= 15 is 0 Å². The zero-order valence-corrected chi connectivity index (χ0v) is 22.2. The van der Waals surface area contributed by atoms with Gasteiger partial charge in [0.25, 0.3) is 10.1 Å². The lowest BCUT2D eigenvalue weighted by atomic mass is 10.1. The van der Waals surface area contributed by atoms with Gasteiger partial charge in [0, 0.05) is 22.6 Å². The normalized spacial score (nSPS) is 14.8. The zero-order valence-electron chi connectivity index (χ0n) is 20.6. The predicted octanol–water partition coefficient (Wildman–Crippen LogP) is 1.64. The number of nitrogens with zero attached hydrogens (tertiary/aromatic N) is 2. The summed E-state index contributed by atoms with van der Waals surface area (Å²) < 4.78 is 41.7. The first kappa shape index (κ1) is 30.5. The largest absolute Gasteiger partial charge is 0.545 e. The van der Waals surface area contributed by atoms with Gasteiger partial charge in [-0.15, -0.1) is 0 Å². The van der Waals surface area contributed by atoms with Gasteiger partial charge in [-0.2, -0.15) is 13.2 Å². The number of hydrogen-bond acceptors (Lipinski definition) is 9. The Balaban J connectivity index is 0.000000281. The molecule has 1 aliphatic rings. The van der Waals surface area contributed by atoms with Crippen LogP contribution in [-0.2, 0) is 19.6 Å². The zero-order chi connectivity index (χ0) is 28.5. The van der Waals surface area contributed by atoms with Crippen LogP contribution in [0.2, 0.25) is 0 Å². The number of rotatable bonds is 9. The number of ether oxygens (including phenoxy) is 2. The molecule has 0 amide bonds. The van der Waals surface area contributed by atoms with Crippen LogP contribution < -0.4 is 10.2 Å². The molecule has 0 radical (unpaired) electrons. The number of thioether (sulfide) groups is 1. The lowest BCUT2D eigenvalue weighted by molar-refractivity contribution is -0.255. The van der Waals surface area contributed by atoms with E-state index in [2.05, 4.69) is 36.0 Å². The minimum Gasteiger partial charge on any atom is -0.545 e. The molecule has 11 nitrogen and oxygen atoms in total. The van der Waals surface area contributed by atoms with Gasteiger partial charge in [-0.25, -0.2) is 0 Å². The molecule has 13 heteroatoms. The number of carbonyl (C=O) groups is 2. The quantitative estimate of drug-likeness (QED) is 0.268. The van der Waals surface area contributed by atoms with Gasteiger partial charge in [0.1, 0.15) is 10.7 Å². The first-order valence-corrected chi connectivity index (χ1v) is 13.4. The molecule has 0 spiro atoms. The third-order valence-corrected chi connectivity index (χ3v) is 6.86. The third kappa shape index (κ3) is 8.13. The van der Waals surface area contributed by atoms with Crippen molar-refractivity contribution in [2.45, 2.75) is 36.7 Å². The molecule has 0 heterocycles. The lowest BCUT2D eigenvalue weighted by Gasteiger charge is -2.19. The average molecular weight is 561 g/mol. The first-order chi connectivity index (χ1) is 17.9. The fourth-order valence-corrected chi connectivity index (χ4v) is 5.01. The molecule has 1 N–H and O–H groups in total. The highest BCUT2D eigenvalue weighted by Crippen LogP contribution is 2.35. The summed E-state index contributed by atoms with van der Waals surface area (Å²) in [5, 5.41) is 21.1. The molecule has 2 aromatic rings. The monoisotopic (exact) mass is 560 g/mol. The smallest absolute Gasteiger partial charge is 0.328 e. The van der Waals surface area contributed by atoms with Gasteiger partial charge in [-0.05, 0) is 39.0 Å². The second kappa shape index (κ2) is 13.7. The number of hydrogen-bond donors (Lipinski definition) is 1. The van der Waals surface area contributed by atoms with Crippen LogP contribution in [-0.4, -0.2) is 54.7 Å². The van der Waals surface area contributed by atoms with Crippen LogP contribution >= 0.6 is 11.8 Å². The van der Waals surface area contributed by atoms with Gasteiger partial charge in [0.15, 0.2) is 6.10 Å². The van der Waals surface area contributed by atoms with E-state index in [1.54, 1.807) is 17.8 Å². The van der Waals surface area contributed by atoms with Gasteiger partial charge in [0.2, 0.25) is 0 Å². The van der Waals surface area contributed by atoms with E-state index < -0.39 is 38.1 Å². The maximum absolute atomic E-state index is 10.9. The van der Waals surface area contributed by atoms with Gasteiger partial charge < -0.3 is 34.8 Å². The molecule has 0 bridgehead atoms. The fourth-order valence-electron chi connectivity index (χ4n) is 3.21. The van der Waals surface area contributed by atoms with Crippen LogP contribution in [0.25, 0.3) is 5.53 Å².